The number of carbonyl (C=O) groups is 1. The highest BCUT2D eigenvalue weighted by molar-refractivity contribution is 6.01. The number of esters is 1. The number of nitrogen functional groups attached to an aromatic ring is 1. The highest BCUT2D eigenvalue weighted by Gasteiger charge is 2.12. The lowest BCUT2D eigenvalue weighted by Crippen LogP contribution is -2.03. The SMILES string of the molecule is COC(=O)c1ccc2nc(N)n3cnc(C)c3c2c1. The molecule has 1 aromatic carbocycles. The third-order valence-electron chi connectivity index (χ3n) is 3.11. The number of nitrogens with zero attached hydrogens (tertiary/aromatic N) is 3. The first-order valence-corrected chi connectivity index (χ1v) is 5.73. The molecule has 96 valence electrons. The Morgan fingerprint density at radius 2 is 2.21 bits per heavy atom. The van der Waals surface area contributed by atoms with E-state index in [-0.39, 0.29) is 5.97 Å². The van der Waals surface area contributed by atoms with Gasteiger partial charge in [0.25, 0.3) is 0 Å². The van der Waals surface area contributed by atoms with Crippen LogP contribution in [-0.2, 0) is 4.74 Å². The van der Waals surface area contributed by atoms with Gasteiger partial charge in [-0.2, -0.15) is 0 Å². The lowest BCUT2D eigenvalue weighted by atomic mass is 10.1. The van der Waals surface area contributed by atoms with Crippen LogP contribution in [0.15, 0.2) is 24.5 Å². The number of anilines is 1. The summed E-state index contributed by atoms with van der Waals surface area (Å²) in [6.07, 6.45) is 1.62. The van der Waals surface area contributed by atoms with Crippen LogP contribution in [-0.4, -0.2) is 27.4 Å². The molecule has 0 atom stereocenters. The number of methoxy groups -OCH3 is 1. The largest absolute Gasteiger partial charge is 0.465 e. The summed E-state index contributed by atoms with van der Waals surface area (Å²) >= 11 is 0. The van der Waals surface area contributed by atoms with E-state index in [2.05, 4.69) is 9.97 Å². The van der Waals surface area contributed by atoms with Crippen LogP contribution in [0, 0.1) is 6.92 Å². The van der Waals surface area contributed by atoms with Crippen molar-refractivity contribution in [1.29, 1.82) is 0 Å². The maximum absolute atomic E-state index is 11.6. The molecule has 0 saturated carbocycles. The molecular weight excluding hydrogens is 244 g/mol. The molecule has 2 heterocycles. The van der Waals surface area contributed by atoms with Gasteiger partial charge in [0.1, 0.15) is 6.33 Å². The van der Waals surface area contributed by atoms with Gasteiger partial charge in [-0.1, -0.05) is 0 Å². The van der Waals surface area contributed by atoms with Crippen LogP contribution in [0.25, 0.3) is 16.4 Å². The van der Waals surface area contributed by atoms with Crippen molar-refractivity contribution in [2.45, 2.75) is 6.92 Å². The number of nitrogens with two attached hydrogens (primary N) is 1. The van der Waals surface area contributed by atoms with E-state index in [0.29, 0.717) is 11.5 Å². The Labute approximate surface area is 108 Å². The van der Waals surface area contributed by atoms with Crippen LogP contribution in [0.1, 0.15) is 16.1 Å². The molecule has 6 nitrogen and oxygen atoms in total. The Morgan fingerprint density at radius 1 is 1.42 bits per heavy atom. The van der Waals surface area contributed by atoms with E-state index in [1.807, 2.05) is 6.92 Å². The van der Waals surface area contributed by atoms with Gasteiger partial charge in [-0.05, 0) is 25.1 Å². The molecule has 0 amide bonds. The number of hydrogen-bond donors (Lipinski definition) is 1. The van der Waals surface area contributed by atoms with E-state index in [0.717, 1.165) is 22.1 Å². The molecule has 0 fully saturated rings. The molecule has 2 aromatic heterocycles. The van der Waals surface area contributed by atoms with Gasteiger partial charge in [0.2, 0.25) is 5.95 Å². The van der Waals surface area contributed by atoms with E-state index in [4.69, 9.17) is 10.5 Å². The van der Waals surface area contributed by atoms with Crippen molar-refractivity contribution in [1.82, 2.24) is 14.4 Å². The average Bonchev–Trinajstić information content (AvgIpc) is 2.81. The second-order valence-corrected chi connectivity index (χ2v) is 4.24. The lowest BCUT2D eigenvalue weighted by molar-refractivity contribution is 0.0601. The highest BCUT2D eigenvalue weighted by Crippen LogP contribution is 2.24. The first-order valence-electron chi connectivity index (χ1n) is 5.73. The summed E-state index contributed by atoms with van der Waals surface area (Å²) in [5.41, 5.74) is 8.77. The summed E-state index contributed by atoms with van der Waals surface area (Å²) in [5, 5.41) is 0.826. The molecule has 0 aliphatic rings. The van der Waals surface area contributed by atoms with Crippen molar-refractivity contribution in [2.24, 2.45) is 0 Å². The first kappa shape index (κ1) is 11.5. The average molecular weight is 256 g/mol. The minimum Gasteiger partial charge on any atom is -0.465 e. The predicted molar refractivity (Wildman–Crippen MR) is 71.0 cm³/mol. The molecule has 0 aliphatic carbocycles. The fraction of sp³-hybridized carbons (Fsp3) is 0.154. The Kier molecular flexibility index (Phi) is 2.38. The number of hydrogen-bond acceptors (Lipinski definition) is 5. The van der Waals surface area contributed by atoms with Gasteiger partial charge >= 0.3 is 5.97 Å². The van der Waals surface area contributed by atoms with Gasteiger partial charge in [-0.15, -0.1) is 0 Å². The van der Waals surface area contributed by atoms with Crippen LogP contribution in [0.5, 0.6) is 0 Å². The molecule has 0 unspecified atom stereocenters. The van der Waals surface area contributed by atoms with Crippen molar-refractivity contribution in [3.8, 4) is 0 Å². The number of fused-ring (bicyclic) bond motifs is 3. The summed E-state index contributed by atoms with van der Waals surface area (Å²) in [7, 11) is 1.35. The van der Waals surface area contributed by atoms with Crippen molar-refractivity contribution >= 4 is 28.3 Å². The maximum atomic E-state index is 11.6. The van der Waals surface area contributed by atoms with E-state index in [1.54, 1.807) is 28.9 Å². The first-order chi connectivity index (χ1) is 9.11. The molecule has 3 rings (SSSR count). The fourth-order valence-corrected chi connectivity index (χ4v) is 2.18. The summed E-state index contributed by atoms with van der Waals surface area (Å²) in [6.45, 7) is 1.89. The van der Waals surface area contributed by atoms with E-state index >= 15 is 0 Å². The Hall–Kier alpha value is -2.63. The molecule has 0 saturated heterocycles. The predicted octanol–water partition coefficient (Wildman–Crippen LogP) is 1.56. The Balaban J connectivity index is 2.43. The number of benzene rings is 1. The van der Waals surface area contributed by atoms with Crippen LogP contribution in [0.4, 0.5) is 5.95 Å². The van der Waals surface area contributed by atoms with Gasteiger partial charge in [-0.3, -0.25) is 4.40 Å². The van der Waals surface area contributed by atoms with E-state index in [1.165, 1.54) is 7.11 Å². The molecule has 2 N–H and O–H groups in total. The third-order valence-corrected chi connectivity index (χ3v) is 3.11. The second-order valence-electron chi connectivity index (χ2n) is 4.24. The standard InChI is InChI=1S/C13H12N4O2/c1-7-11-9-5-8(12(18)19-2)3-4-10(9)16-13(14)17(11)6-15-7/h3-6H,1-2H3,(H2,14,16). The van der Waals surface area contributed by atoms with Crippen LogP contribution in [0.2, 0.25) is 0 Å². The lowest BCUT2D eigenvalue weighted by Gasteiger charge is -2.06. The normalized spacial score (nSPS) is 11.1. The van der Waals surface area contributed by atoms with Crippen LogP contribution >= 0.6 is 0 Å². The molecular formula is C13H12N4O2. The minimum absolute atomic E-state index is 0.369. The number of rotatable bonds is 1. The van der Waals surface area contributed by atoms with E-state index in [9.17, 15) is 4.79 Å². The third kappa shape index (κ3) is 1.61. The van der Waals surface area contributed by atoms with Crippen LogP contribution < -0.4 is 5.73 Å². The molecule has 0 bridgehead atoms. The topological polar surface area (TPSA) is 82.5 Å². The monoisotopic (exact) mass is 256 g/mol. The molecule has 19 heavy (non-hydrogen) atoms. The zero-order chi connectivity index (χ0) is 13.6. The van der Waals surface area contributed by atoms with Crippen LogP contribution in [0.3, 0.4) is 0 Å². The Bertz CT molecular complexity index is 807. The quantitative estimate of drug-likeness (QED) is 0.668. The summed E-state index contributed by atoms with van der Waals surface area (Å²) < 4.78 is 6.43. The van der Waals surface area contributed by atoms with Gasteiger partial charge in [0, 0.05) is 5.39 Å². The minimum atomic E-state index is -0.381. The number of carbonyl (C=O) groups excluding carboxylic acids is 1. The number of aryl methyl sites for hydroxylation is 1. The maximum Gasteiger partial charge on any atom is 0.337 e. The zero-order valence-corrected chi connectivity index (χ0v) is 10.5. The summed E-state index contributed by atoms with van der Waals surface area (Å²) in [4.78, 5) is 20.1. The van der Waals surface area contributed by atoms with Gasteiger partial charge in [0.05, 0.1) is 29.4 Å². The van der Waals surface area contributed by atoms with Crippen molar-refractivity contribution in [3.05, 3.63) is 35.8 Å². The summed E-state index contributed by atoms with van der Waals surface area (Å²) in [6, 6.07) is 5.17. The fourth-order valence-electron chi connectivity index (χ4n) is 2.18. The molecule has 0 radical (unpaired) electrons. The smallest absolute Gasteiger partial charge is 0.337 e. The number of imidazole rings is 1. The second kappa shape index (κ2) is 3.94. The molecule has 0 spiro atoms. The summed E-state index contributed by atoms with van der Waals surface area (Å²) in [5.74, 6) is -0.0111. The molecule has 0 aliphatic heterocycles. The zero-order valence-electron chi connectivity index (χ0n) is 10.5. The van der Waals surface area contributed by atoms with Crippen molar-refractivity contribution in [2.75, 3.05) is 12.8 Å². The Morgan fingerprint density at radius 3 is 2.95 bits per heavy atom. The molecule has 3 aromatic rings. The number of ether oxygens (including phenoxy) is 1. The number of aromatic nitrogens is 3. The van der Waals surface area contributed by atoms with Crippen molar-refractivity contribution in [3.63, 3.8) is 0 Å². The van der Waals surface area contributed by atoms with Gasteiger partial charge < -0.3 is 10.5 Å². The van der Waals surface area contributed by atoms with Gasteiger partial charge in [0.15, 0.2) is 0 Å². The van der Waals surface area contributed by atoms with Gasteiger partial charge in [-0.25, -0.2) is 14.8 Å². The van der Waals surface area contributed by atoms with Crippen molar-refractivity contribution < 1.29 is 9.53 Å². The van der Waals surface area contributed by atoms with E-state index < -0.39 is 0 Å². The highest BCUT2D eigenvalue weighted by atomic mass is 16.5. The molecule has 6 heteroatoms.